The van der Waals surface area contributed by atoms with Gasteiger partial charge in [0.05, 0.1) is 7.11 Å². The molecular weight excluding hydrogens is 596 g/mol. The molecule has 246 valence electrons. The monoisotopic (exact) mass is 640 g/mol. The number of rotatable bonds is 12. The van der Waals surface area contributed by atoms with Gasteiger partial charge in [-0.25, -0.2) is 4.79 Å². The van der Waals surface area contributed by atoms with Crippen molar-refractivity contribution in [3.8, 4) is 5.75 Å². The SMILES string of the molecule is COC(=O)C(Cc1ccc(O[Si](C)(C)C(C)(C)C)cc1)O[C@H]1O[C@H](C(O)C(C)=O)[C@@](O)(C(C)=O)[C@@](O)(C(C)=O)[C@]1(O)C(C)=O. The smallest absolute Gasteiger partial charge is 0.335 e. The molecule has 2 unspecified atom stereocenters. The van der Waals surface area contributed by atoms with Gasteiger partial charge in [0, 0.05) is 6.42 Å². The number of ketones is 4. The van der Waals surface area contributed by atoms with E-state index in [9.17, 15) is 44.4 Å². The minimum Gasteiger partial charge on any atom is -0.544 e. The highest BCUT2D eigenvalue weighted by Gasteiger charge is 2.79. The molecule has 44 heavy (non-hydrogen) atoms. The highest BCUT2D eigenvalue weighted by Crippen LogP contribution is 2.48. The van der Waals surface area contributed by atoms with Crippen LogP contribution in [-0.4, -0.2) is 106 Å². The van der Waals surface area contributed by atoms with Gasteiger partial charge in [0.1, 0.15) is 18.0 Å². The van der Waals surface area contributed by atoms with Crippen LogP contribution < -0.4 is 4.43 Å². The number of methoxy groups -OCH3 is 1. The first-order chi connectivity index (χ1) is 19.9. The standard InChI is InChI=1S/C30H44O13Si/c1-16(31)23(35)24-28(37,17(2)32)30(39,19(4)34)29(38,18(3)33)26(42-24)41-22(25(36)40-8)15-20-11-13-21(14-12-20)43-44(9,10)27(5,6)7/h11-14,22-24,26,35,37-39H,15H2,1-10H3/t22?,23?,24-,26+,28+,29+,30+/m1/s1. The van der Waals surface area contributed by atoms with E-state index in [-0.39, 0.29) is 11.5 Å². The summed E-state index contributed by atoms with van der Waals surface area (Å²) in [4.78, 5) is 63.7. The molecule has 0 saturated carbocycles. The lowest BCUT2D eigenvalue weighted by atomic mass is 9.60. The number of ether oxygens (including phenoxy) is 3. The van der Waals surface area contributed by atoms with E-state index in [2.05, 4.69) is 33.9 Å². The highest BCUT2D eigenvalue weighted by molar-refractivity contribution is 6.74. The van der Waals surface area contributed by atoms with E-state index in [1.54, 1.807) is 24.3 Å². The lowest BCUT2D eigenvalue weighted by molar-refractivity contribution is -0.377. The summed E-state index contributed by atoms with van der Waals surface area (Å²) in [5, 5.41) is 45.4. The van der Waals surface area contributed by atoms with Crippen molar-refractivity contribution in [3.05, 3.63) is 29.8 Å². The van der Waals surface area contributed by atoms with Gasteiger partial charge in [-0.15, -0.1) is 0 Å². The van der Waals surface area contributed by atoms with E-state index in [1.165, 1.54) is 0 Å². The molecule has 1 heterocycles. The topological polar surface area (TPSA) is 203 Å². The van der Waals surface area contributed by atoms with Crippen LogP contribution in [0.15, 0.2) is 24.3 Å². The Hall–Kier alpha value is -2.85. The highest BCUT2D eigenvalue weighted by atomic mass is 28.4. The summed E-state index contributed by atoms with van der Waals surface area (Å²) in [6, 6.07) is 6.66. The second kappa shape index (κ2) is 12.9. The number of esters is 1. The lowest BCUT2D eigenvalue weighted by Crippen LogP contribution is -2.87. The molecule has 0 amide bonds. The molecule has 7 atom stereocenters. The second-order valence-electron chi connectivity index (χ2n) is 12.7. The number of carbonyl (C=O) groups excluding carboxylic acids is 5. The first kappa shape index (κ1) is 37.3. The molecule has 4 N–H and O–H groups in total. The molecular formula is C30H44O13Si. The van der Waals surface area contributed by atoms with Crippen molar-refractivity contribution in [3.63, 3.8) is 0 Å². The summed E-state index contributed by atoms with van der Waals surface area (Å²) in [6.45, 7) is 13.4. The van der Waals surface area contributed by atoms with Crippen molar-refractivity contribution in [2.75, 3.05) is 7.11 Å². The van der Waals surface area contributed by atoms with Crippen LogP contribution in [0.4, 0.5) is 0 Å². The lowest BCUT2D eigenvalue weighted by Gasteiger charge is -2.58. The molecule has 13 nitrogen and oxygen atoms in total. The first-order valence-corrected chi connectivity index (χ1v) is 16.9. The van der Waals surface area contributed by atoms with Crippen LogP contribution in [0.3, 0.4) is 0 Å². The zero-order valence-corrected chi connectivity index (χ0v) is 27.8. The molecule has 1 aromatic rings. The average Bonchev–Trinajstić information content (AvgIpc) is 2.91. The molecule has 1 aliphatic heterocycles. The van der Waals surface area contributed by atoms with Crippen molar-refractivity contribution < 1.29 is 63.0 Å². The Labute approximate surface area is 257 Å². The summed E-state index contributed by atoms with van der Waals surface area (Å²) >= 11 is 0. The normalized spacial score (nSPS) is 28.9. The Morgan fingerprint density at radius 1 is 0.909 bits per heavy atom. The van der Waals surface area contributed by atoms with Gasteiger partial charge in [-0.2, -0.15) is 0 Å². The zero-order valence-electron chi connectivity index (χ0n) is 26.8. The van der Waals surface area contributed by atoms with E-state index < -0.39 is 78.8 Å². The van der Waals surface area contributed by atoms with E-state index in [1.807, 2.05) is 0 Å². The number of Topliss-reactive ketones (excluding diaryl/α,β-unsaturated/α-hetero) is 4. The second-order valence-corrected chi connectivity index (χ2v) is 17.4. The molecule has 0 aliphatic carbocycles. The maximum Gasteiger partial charge on any atom is 0.335 e. The van der Waals surface area contributed by atoms with Crippen LogP contribution in [0.2, 0.25) is 18.1 Å². The van der Waals surface area contributed by atoms with Crippen molar-refractivity contribution >= 4 is 37.4 Å². The number of hydrogen-bond donors (Lipinski definition) is 4. The third-order valence-corrected chi connectivity index (χ3v) is 13.0. The van der Waals surface area contributed by atoms with Gasteiger partial charge in [-0.1, -0.05) is 32.9 Å². The van der Waals surface area contributed by atoms with Gasteiger partial charge in [0.2, 0.25) is 19.5 Å². The van der Waals surface area contributed by atoms with Crippen molar-refractivity contribution in [1.29, 1.82) is 0 Å². The van der Waals surface area contributed by atoms with Crippen LogP contribution in [0.5, 0.6) is 5.75 Å². The van der Waals surface area contributed by atoms with Crippen molar-refractivity contribution in [1.82, 2.24) is 0 Å². The van der Waals surface area contributed by atoms with Gasteiger partial charge >= 0.3 is 5.97 Å². The van der Waals surface area contributed by atoms with Crippen LogP contribution in [-0.2, 0) is 44.6 Å². The number of carbonyl (C=O) groups is 5. The number of benzene rings is 1. The predicted molar refractivity (Wildman–Crippen MR) is 157 cm³/mol. The van der Waals surface area contributed by atoms with Crippen LogP contribution >= 0.6 is 0 Å². The van der Waals surface area contributed by atoms with E-state index in [4.69, 9.17) is 18.6 Å². The Bertz CT molecular complexity index is 1290. The maximum atomic E-state index is 13.0. The summed E-state index contributed by atoms with van der Waals surface area (Å²) in [5.74, 6) is -5.79. The maximum absolute atomic E-state index is 13.0. The average molecular weight is 641 g/mol. The molecule has 1 aliphatic rings. The molecule has 1 fully saturated rings. The fourth-order valence-corrected chi connectivity index (χ4v) is 5.91. The van der Waals surface area contributed by atoms with E-state index >= 15 is 0 Å². The Kier molecular flexibility index (Phi) is 10.9. The van der Waals surface area contributed by atoms with Crippen molar-refractivity contribution in [2.45, 2.75) is 114 Å². The number of aliphatic hydroxyl groups excluding tert-OH is 1. The van der Waals surface area contributed by atoms with Gasteiger partial charge < -0.3 is 39.1 Å². The van der Waals surface area contributed by atoms with Crippen LogP contribution in [0, 0.1) is 0 Å². The molecule has 14 heteroatoms. The third kappa shape index (κ3) is 6.29. The minimum atomic E-state index is -3.70. The largest absolute Gasteiger partial charge is 0.544 e. The van der Waals surface area contributed by atoms with Gasteiger partial charge in [0.25, 0.3) is 0 Å². The molecule has 1 saturated heterocycles. The zero-order chi connectivity index (χ0) is 34.2. The van der Waals surface area contributed by atoms with Gasteiger partial charge in [-0.05, 0) is 63.5 Å². The van der Waals surface area contributed by atoms with Gasteiger partial charge in [0.15, 0.2) is 41.1 Å². The van der Waals surface area contributed by atoms with E-state index in [0.717, 1.165) is 21.0 Å². The summed E-state index contributed by atoms with van der Waals surface area (Å²) in [7, 11) is -1.12. The number of aliphatic hydroxyl groups is 4. The minimum absolute atomic E-state index is 0.0623. The Morgan fingerprint density at radius 3 is 1.80 bits per heavy atom. The molecule has 0 bridgehead atoms. The fraction of sp³-hybridized carbons (Fsp3) is 0.633. The van der Waals surface area contributed by atoms with Crippen LogP contribution in [0.25, 0.3) is 0 Å². The fourth-order valence-electron chi connectivity index (χ4n) is 4.88. The molecule has 2 rings (SSSR count). The molecule has 0 aromatic heterocycles. The Morgan fingerprint density at radius 2 is 1.41 bits per heavy atom. The summed E-state index contributed by atoms with van der Waals surface area (Å²) in [6.07, 6.45) is -9.16. The third-order valence-electron chi connectivity index (χ3n) is 8.69. The predicted octanol–water partition coefficient (Wildman–Crippen LogP) is 0.806. The molecule has 0 spiro atoms. The van der Waals surface area contributed by atoms with Gasteiger partial charge in [-0.3, -0.25) is 19.2 Å². The molecule has 0 radical (unpaired) electrons. The quantitative estimate of drug-likeness (QED) is 0.185. The summed E-state index contributed by atoms with van der Waals surface area (Å²) < 4.78 is 22.3. The summed E-state index contributed by atoms with van der Waals surface area (Å²) in [5.41, 5.74) is -10.2. The molecule has 1 aromatic carbocycles. The Balaban J connectivity index is 2.62. The number of hydrogen-bond acceptors (Lipinski definition) is 13. The van der Waals surface area contributed by atoms with E-state index in [0.29, 0.717) is 25.2 Å². The van der Waals surface area contributed by atoms with Crippen LogP contribution in [0.1, 0.15) is 54.0 Å². The van der Waals surface area contributed by atoms with Crippen molar-refractivity contribution in [2.24, 2.45) is 0 Å². The first-order valence-electron chi connectivity index (χ1n) is 14.0.